The van der Waals surface area contributed by atoms with Crippen molar-refractivity contribution >= 4 is 5.91 Å². The van der Waals surface area contributed by atoms with Crippen LogP contribution in [0.3, 0.4) is 0 Å². The molecule has 1 saturated heterocycles. The van der Waals surface area contributed by atoms with Gasteiger partial charge in [-0.05, 0) is 44.6 Å². The van der Waals surface area contributed by atoms with Crippen molar-refractivity contribution in [3.63, 3.8) is 0 Å². The molecule has 2 fully saturated rings. The van der Waals surface area contributed by atoms with E-state index in [1.807, 2.05) is 23.1 Å². The second-order valence-electron chi connectivity index (χ2n) is 7.74. The lowest BCUT2D eigenvalue weighted by molar-refractivity contribution is 0.0592. The minimum Gasteiger partial charge on any atom is -0.335 e. The molecule has 1 saturated carbocycles. The number of nitrogens with zero attached hydrogens (tertiary/aromatic N) is 4. The molecule has 0 unspecified atom stereocenters. The van der Waals surface area contributed by atoms with Gasteiger partial charge in [0.2, 0.25) is 0 Å². The lowest BCUT2D eigenvalue weighted by Gasteiger charge is -2.36. The maximum absolute atomic E-state index is 13.3. The third-order valence-electron chi connectivity index (χ3n) is 6.05. The molecule has 0 radical (unpaired) electrons. The van der Waals surface area contributed by atoms with E-state index in [2.05, 4.69) is 20.2 Å². The predicted molar refractivity (Wildman–Crippen MR) is 99.9 cm³/mol. The van der Waals surface area contributed by atoms with Crippen LogP contribution in [0.1, 0.15) is 79.8 Å². The Morgan fingerprint density at radius 2 is 2.00 bits per heavy atom. The Balaban J connectivity index is 1.47. The van der Waals surface area contributed by atoms with Gasteiger partial charge in [0.05, 0.1) is 17.5 Å². The molecule has 6 nitrogen and oxygen atoms in total. The van der Waals surface area contributed by atoms with Gasteiger partial charge in [-0.15, -0.1) is 0 Å². The number of aryl methyl sites for hydroxylation is 1. The molecule has 0 aromatic carbocycles. The number of nitrogens with one attached hydrogen (secondary N) is 1. The Kier molecular flexibility index (Phi) is 5.37. The summed E-state index contributed by atoms with van der Waals surface area (Å²) in [6.07, 6.45) is 16.1. The molecule has 2 aromatic rings. The van der Waals surface area contributed by atoms with Crippen LogP contribution in [0.25, 0.3) is 0 Å². The van der Waals surface area contributed by atoms with Crippen LogP contribution in [0.5, 0.6) is 0 Å². The summed E-state index contributed by atoms with van der Waals surface area (Å²) >= 11 is 0. The Hall–Kier alpha value is -2.11. The number of H-pyrrole nitrogens is 1. The molecule has 26 heavy (non-hydrogen) atoms. The number of carbonyl (C=O) groups is 1. The molecule has 1 amide bonds. The van der Waals surface area contributed by atoms with Gasteiger partial charge in [0.25, 0.3) is 5.91 Å². The van der Waals surface area contributed by atoms with Gasteiger partial charge in [-0.25, -0.2) is 0 Å². The van der Waals surface area contributed by atoms with Crippen molar-refractivity contribution in [2.24, 2.45) is 0 Å². The summed E-state index contributed by atoms with van der Waals surface area (Å²) in [4.78, 5) is 15.4. The second-order valence-corrected chi connectivity index (χ2v) is 7.74. The number of aromatic nitrogens is 4. The van der Waals surface area contributed by atoms with Crippen molar-refractivity contribution in [3.8, 4) is 0 Å². The van der Waals surface area contributed by atoms with Gasteiger partial charge in [-0.1, -0.05) is 19.3 Å². The van der Waals surface area contributed by atoms with Gasteiger partial charge < -0.3 is 4.90 Å². The maximum atomic E-state index is 13.3. The Morgan fingerprint density at radius 1 is 1.15 bits per heavy atom. The van der Waals surface area contributed by atoms with E-state index in [0.717, 1.165) is 43.6 Å². The fraction of sp³-hybridized carbons (Fsp3) is 0.650. The average molecular weight is 355 g/mol. The second kappa shape index (κ2) is 8.06. The van der Waals surface area contributed by atoms with E-state index in [4.69, 9.17) is 0 Å². The van der Waals surface area contributed by atoms with Gasteiger partial charge in [0.1, 0.15) is 0 Å². The van der Waals surface area contributed by atoms with Crippen LogP contribution in [-0.2, 0) is 6.54 Å². The van der Waals surface area contributed by atoms with E-state index in [1.54, 1.807) is 6.20 Å². The largest absolute Gasteiger partial charge is 0.335 e. The van der Waals surface area contributed by atoms with Gasteiger partial charge in [0.15, 0.2) is 0 Å². The molecule has 1 atom stereocenters. The number of hydrogen-bond acceptors (Lipinski definition) is 3. The first-order valence-electron chi connectivity index (χ1n) is 10.1. The molecule has 4 rings (SSSR count). The fourth-order valence-electron chi connectivity index (χ4n) is 4.61. The predicted octanol–water partition coefficient (Wildman–Crippen LogP) is 3.74. The molecule has 0 bridgehead atoms. The van der Waals surface area contributed by atoms with Gasteiger partial charge in [-0.2, -0.15) is 10.2 Å². The van der Waals surface area contributed by atoms with Crippen LogP contribution in [0.2, 0.25) is 0 Å². The molecule has 1 aliphatic heterocycles. The number of carbonyl (C=O) groups excluding carboxylic acids is 1. The minimum absolute atomic E-state index is 0.171. The van der Waals surface area contributed by atoms with Crippen LogP contribution in [0, 0.1) is 0 Å². The van der Waals surface area contributed by atoms with Crippen LogP contribution in [-0.4, -0.2) is 43.4 Å². The first kappa shape index (κ1) is 17.3. The van der Waals surface area contributed by atoms with Crippen molar-refractivity contribution in [3.05, 3.63) is 35.9 Å². The molecule has 2 aromatic heterocycles. The van der Waals surface area contributed by atoms with Crippen LogP contribution in [0.4, 0.5) is 0 Å². The number of piperidine rings is 1. The zero-order valence-corrected chi connectivity index (χ0v) is 15.4. The number of likely N-dealkylation sites (tertiary alicyclic amines) is 1. The summed E-state index contributed by atoms with van der Waals surface area (Å²) in [5.74, 6) is 0.641. The number of hydrogen-bond donors (Lipinski definition) is 1. The number of rotatable bonds is 5. The monoisotopic (exact) mass is 355 g/mol. The normalized spacial score (nSPS) is 21.8. The summed E-state index contributed by atoms with van der Waals surface area (Å²) in [5.41, 5.74) is 1.88. The van der Waals surface area contributed by atoms with E-state index in [1.165, 1.54) is 38.5 Å². The molecule has 6 heteroatoms. The zero-order chi connectivity index (χ0) is 17.8. The first-order chi connectivity index (χ1) is 12.8. The molecule has 140 valence electrons. The molecular formula is C20H29N5O. The SMILES string of the molecule is O=C(c1cn[nH]c1C1CCCCC1)N1CCCC[C@@H]1CCn1cccn1. The van der Waals surface area contributed by atoms with E-state index < -0.39 is 0 Å². The highest BCUT2D eigenvalue weighted by Crippen LogP contribution is 2.34. The first-order valence-corrected chi connectivity index (χ1v) is 10.1. The van der Waals surface area contributed by atoms with E-state index in [9.17, 15) is 4.79 Å². The third-order valence-corrected chi connectivity index (χ3v) is 6.05. The molecule has 1 aliphatic carbocycles. The van der Waals surface area contributed by atoms with Crippen molar-refractivity contribution < 1.29 is 4.79 Å². The van der Waals surface area contributed by atoms with Crippen molar-refractivity contribution in [2.75, 3.05) is 6.54 Å². The van der Waals surface area contributed by atoms with Crippen molar-refractivity contribution in [2.45, 2.75) is 76.3 Å². The minimum atomic E-state index is 0.171. The zero-order valence-electron chi connectivity index (χ0n) is 15.4. The van der Waals surface area contributed by atoms with Gasteiger partial charge >= 0.3 is 0 Å². The lowest BCUT2D eigenvalue weighted by Crippen LogP contribution is -2.44. The van der Waals surface area contributed by atoms with E-state index >= 15 is 0 Å². The Morgan fingerprint density at radius 3 is 2.81 bits per heavy atom. The number of aromatic amines is 1. The highest BCUT2D eigenvalue weighted by molar-refractivity contribution is 5.95. The summed E-state index contributed by atoms with van der Waals surface area (Å²) < 4.78 is 1.96. The Labute approximate surface area is 155 Å². The summed E-state index contributed by atoms with van der Waals surface area (Å²) in [6, 6.07) is 2.25. The van der Waals surface area contributed by atoms with Crippen LogP contribution < -0.4 is 0 Å². The summed E-state index contributed by atoms with van der Waals surface area (Å²) in [7, 11) is 0. The van der Waals surface area contributed by atoms with Crippen LogP contribution >= 0.6 is 0 Å². The van der Waals surface area contributed by atoms with E-state index in [0.29, 0.717) is 12.0 Å². The maximum Gasteiger partial charge on any atom is 0.257 e. The third kappa shape index (κ3) is 3.69. The van der Waals surface area contributed by atoms with Crippen molar-refractivity contribution in [1.29, 1.82) is 0 Å². The molecule has 3 heterocycles. The summed E-state index contributed by atoms with van der Waals surface area (Å²) in [5, 5.41) is 11.7. The van der Waals surface area contributed by atoms with Gasteiger partial charge in [0, 0.05) is 37.4 Å². The smallest absolute Gasteiger partial charge is 0.257 e. The Bertz CT molecular complexity index is 702. The topological polar surface area (TPSA) is 66.8 Å². The molecule has 0 spiro atoms. The fourth-order valence-corrected chi connectivity index (χ4v) is 4.61. The summed E-state index contributed by atoms with van der Waals surface area (Å²) in [6.45, 7) is 1.72. The molecular weight excluding hydrogens is 326 g/mol. The molecule has 2 aliphatic rings. The standard InChI is InChI=1S/C20H29N5O/c26-20(18-15-21-23-19(18)16-7-2-1-3-8-16)25-13-5-4-9-17(25)10-14-24-12-6-11-22-24/h6,11-12,15-17H,1-5,7-10,13-14H2,(H,21,23)/t17-/m1/s1. The van der Waals surface area contributed by atoms with E-state index in [-0.39, 0.29) is 5.91 Å². The number of amides is 1. The average Bonchev–Trinajstić information content (AvgIpc) is 3.38. The van der Waals surface area contributed by atoms with Crippen molar-refractivity contribution in [1.82, 2.24) is 24.9 Å². The molecule has 1 N–H and O–H groups in total. The van der Waals surface area contributed by atoms with Gasteiger partial charge in [-0.3, -0.25) is 14.6 Å². The quantitative estimate of drug-likeness (QED) is 0.888. The highest BCUT2D eigenvalue weighted by Gasteiger charge is 2.31. The highest BCUT2D eigenvalue weighted by atomic mass is 16.2. The lowest BCUT2D eigenvalue weighted by atomic mass is 9.85. The van der Waals surface area contributed by atoms with Crippen LogP contribution in [0.15, 0.2) is 24.7 Å².